The van der Waals surface area contributed by atoms with E-state index in [1.807, 2.05) is 24.3 Å². The summed E-state index contributed by atoms with van der Waals surface area (Å²) in [6.45, 7) is 4.02. The molecule has 182 valence electrons. The van der Waals surface area contributed by atoms with Gasteiger partial charge in [0.15, 0.2) is 0 Å². The van der Waals surface area contributed by atoms with Gasteiger partial charge < -0.3 is 30.5 Å². The number of benzene rings is 2. The number of carboxylic acids is 1. The minimum atomic E-state index is -1.95. The fraction of sp³-hybridized carbons (Fsp3) is 0.417. The van der Waals surface area contributed by atoms with Crippen LogP contribution in [-0.2, 0) is 24.3 Å². The van der Waals surface area contributed by atoms with Crippen LogP contribution in [0.2, 0.25) is 0 Å². The van der Waals surface area contributed by atoms with E-state index >= 15 is 0 Å². The lowest BCUT2D eigenvalue weighted by atomic mass is 9.75. The van der Waals surface area contributed by atoms with Crippen molar-refractivity contribution >= 4 is 18.9 Å². The third kappa shape index (κ3) is 6.65. The van der Waals surface area contributed by atoms with Crippen molar-refractivity contribution in [1.29, 1.82) is 0 Å². The highest BCUT2D eigenvalue weighted by Crippen LogP contribution is 2.24. The number of piperidine rings is 1. The van der Waals surface area contributed by atoms with Crippen LogP contribution in [0.3, 0.4) is 0 Å². The van der Waals surface area contributed by atoms with Gasteiger partial charge in [-0.05, 0) is 37.9 Å². The number of hydrogen-bond acceptors (Lipinski definition) is 7. The Morgan fingerprint density at radius 3 is 2.47 bits per heavy atom. The van der Waals surface area contributed by atoms with Crippen molar-refractivity contribution in [3.63, 3.8) is 0 Å². The first-order chi connectivity index (χ1) is 16.2. The molecule has 3 atom stereocenters. The van der Waals surface area contributed by atoms with Gasteiger partial charge in [-0.2, -0.15) is 0 Å². The van der Waals surface area contributed by atoms with Gasteiger partial charge in [-0.25, -0.2) is 4.79 Å². The summed E-state index contributed by atoms with van der Waals surface area (Å²) in [6.07, 6.45) is 1.73. The van der Waals surface area contributed by atoms with E-state index in [1.165, 1.54) is 18.2 Å². The second-order valence-electron chi connectivity index (χ2n) is 8.99. The Balaban J connectivity index is 1.63. The molecule has 34 heavy (non-hydrogen) atoms. The van der Waals surface area contributed by atoms with Crippen LogP contribution in [0, 0.1) is 11.1 Å². The maximum absolute atomic E-state index is 12.8. The zero-order valence-corrected chi connectivity index (χ0v) is 19.2. The number of hydroxylamine groups is 2. The Hall–Kier alpha value is -2.76. The largest absolute Gasteiger partial charge is 0.634 e. The molecule has 0 spiro atoms. The molecule has 1 saturated heterocycles. The van der Waals surface area contributed by atoms with Crippen molar-refractivity contribution in [3.05, 3.63) is 69.9 Å². The molecule has 2 aromatic rings. The maximum Gasteiger partial charge on any atom is 0.516 e. The van der Waals surface area contributed by atoms with Gasteiger partial charge in [0.1, 0.15) is 29.6 Å². The van der Waals surface area contributed by atoms with Gasteiger partial charge >= 0.3 is 13.1 Å². The predicted octanol–water partition coefficient (Wildman–Crippen LogP) is 0.397. The lowest BCUT2D eigenvalue weighted by Gasteiger charge is -2.32. The fourth-order valence-electron chi connectivity index (χ4n) is 4.44. The van der Waals surface area contributed by atoms with Crippen molar-refractivity contribution < 1.29 is 34.9 Å². The first-order valence-corrected chi connectivity index (χ1v) is 11.4. The molecule has 0 amide bonds. The Morgan fingerprint density at radius 2 is 1.85 bits per heavy atom. The van der Waals surface area contributed by atoms with E-state index in [2.05, 4.69) is 4.90 Å². The van der Waals surface area contributed by atoms with Crippen LogP contribution < -0.4 is 5.06 Å². The number of aromatic carboxylic acids is 1. The molecular weight excluding hydrogens is 439 g/mol. The third-order valence-electron chi connectivity index (χ3n) is 6.45. The Kier molecular flexibility index (Phi) is 8.81. The fourth-order valence-corrected chi connectivity index (χ4v) is 4.44. The van der Waals surface area contributed by atoms with Gasteiger partial charge in [-0.3, -0.25) is 9.69 Å². The van der Waals surface area contributed by atoms with E-state index in [-0.39, 0.29) is 35.8 Å². The number of Topliss-reactive ketones (excluding diaryl/α,β-unsaturated/α-hetero) is 1. The lowest BCUT2D eigenvalue weighted by molar-refractivity contribution is -0.878. The topological polar surface area (TPSA) is 146 Å². The molecule has 0 radical (unpaired) electrons. The van der Waals surface area contributed by atoms with Gasteiger partial charge in [0.05, 0.1) is 0 Å². The summed E-state index contributed by atoms with van der Waals surface area (Å²) in [5.41, 5.74) is 1.62. The number of ketones is 1. The second kappa shape index (κ2) is 11.6. The molecule has 1 fully saturated rings. The smallest absolute Gasteiger partial charge is 0.516 e. The molecule has 9 nitrogen and oxygen atoms in total. The van der Waals surface area contributed by atoms with Crippen LogP contribution in [0.25, 0.3) is 0 Å². The number of carbonyl (C=O) groups excluding carboxylic acids is 1. The minimum absolute atomic E-state index is 0.0297. The lowest BCUT2D eigenvalue weighted by Crippen LogP contribution is -3.12. The van der Waals surface area contributed by atoms with Crippen LogP contribution >= 0.6 is 0 Å². The number of rotatable bonds is 10. The van der Waals surface area contributed by atoms with Crippen molar-refractivity contribution in [2.24, 2.45) is 5.92 Å². The van der Waals surface area contributed by atoms with Crippen LogP contribution in [0.4, 0.5) is 0 Å². The molecule has 0 bridgehead atoms. The highest BCUT2D eigenvalue weighted by atomic mass is 16.5. The summed E-state index contributed by atoms with van der Waals surface area (Å²) in [7, 11) is -1.95. The third-order valence-corrected chi connectivity index (χ3v) is 6.45. The van der Waals surface area contributed by atoms with Crippen LogP contribution in [0.1, 0.15) is 46.8 Å². The molecular formula is C24H31BN2O7. The number of likely N-dealkylation sites (tertiary alicyclic amines) is 1. The average molecular weight is 470 g/mol. The monoisotopic (exact) mass is 470 g/mol. The molecule has 2 aromatic carbocycles. The molecule has 5 N–H and O–H groups in total. The normalized spacial score (nSPS) is 18.3. The Morgan fingerprint density at radius 1 is 1.18 bits per heavy atom. The molecule has 3 rings (SSSR count). The molecule has 0 aliphatic carbocycles. The predicted molar refractivity (Wildman–Crippen MR) is 126 cm³/mol. The highest BCUT2D eigenvalue weighted by molar-refractivity contribution is 6.42. The molecule has 1 aliphatic rings. The first-order valence-electron chi connectivity index (χ1n) is 11.4. The number of carboxylic acid groups (broad SMARTS) is 1. The second-order valence-corrected chi connectivity index (χ2v) is 8.99. The molecule has 3 unspecified atom stereocenters. The number of nitrogens with one attached hydrogen (secondary N) is 1. The number of nitrogens with zero attached hydrogens (tertiary/aromatic N) is 1. The molecule has 0 aromatic heterocycles. The molecule has 10 heteroatoms. The maximum atomic E-state index is 12.8. The molecule has 1 heterocycles. The summed E-state index contributed by atoms with van der Waals surface area (Å²) < 4.78 is 0. The zero-order valence-electron chi connectivity index (χ0n) is 19.2. The van der Waals surface area contributed by atoms with E-state index in [9.17, 15) is 30.0 Å². The Bertz CT molecular complexity index is 999. The van der Waals surface area contributed by atoms with Crippen molar-refractivity contribution in [2.75, 3.05) is 13.1 Å². The summed E-state index contributed by atoms with van der Waals surface area (Å²) in [6, 6.07) is 11.6. The van der Waals surface area contributed by atoms with Crippen molar-refractivity contribution in [2.45, 2.75) is 45.2 Å². The quantitative estimate of drug-likeness (QED) is 0.248. The summed E-state index contributed by atoms with van der Waals surface area (Å²) in [5.74, 6) is -2.70. The molecule has 1 aliphatic heterocycles. The van der Waals surface area contributed by atoms with Gasteiger partial charge in [-0.1, -0.05) is 36.4 Å². The summed E-state index contributed by atoms with van der Waals surface area (Å²) in [5, 5.41) is 51.3. The van der Waals surface area contributed by atoms with Gasteiger partial charge in [0.25, 0.3) is 0 Å². The van der Waals surface area contributed by atoms with Crippen LogP contribution in [0.5, 0.6) is 5.75 Å². The SMILES string of the molecule is CC(=O)C1CCCN(Cc2ccc(C[NH+]([O-])C(Cc3cccc(C(=O)O)c3O)B(O)O)cc2)C1. The number of phenols is 1. The summed E-state index contributed by atoms with van der Waals surface area (Å²) >= 11 is 0. The highest BCUT2D eigenvalue weighted by Gasteiger charge is 2.32. The van der Waals surface area contributed by atoms with Crippen LogP contribution in [0.15, 0.2) is 42.5 Å². The number of aromatic hydroxyl groups is 1. The van der Waals surface area contributed by atoms with E-state index in [0.717, 1.165) is 38.0 Å². The van der Waals surface area contributed by atoms with Crippen molar-refractivity contribution in [3.8, 4) is 5.75 Å². The van der Waals surface area contributed by atoms with E-state index in [4.69, 9.17) is 5.11 Å². The van der Waals surface area contributed by atoms with E-state index < -0.39 is 29.8 Å². The van der Waals surface area contributed by atoms with Gasteiger partial charge in [0.2, 0.25) is 0 Å². The number of quaternary nitrogens is 1. The van der Waals surface area contributed by atoms with E-state index in [1.54, 1.807) is 6.92 Å². The number of carbonyl (C=O) groups is 2. The Labute approximate surface area is 199 Å². The van der Waals surface area contributed by atoms with E-state index in [0.29, 0.717) is 5.56 Å². The van der Waals surface area contributed by atoms with Crippen LogP contribution in [-0.4, -0.2) is 63.1 Å². The molecule has 0 saturated carbocycles. The average Bonchev–Trinajstić information content (AvgIpc) is 2.79. The zero-order chi connectivity index (χ0) is 24.8. The number of para-hydroxylation sites is 1. The number of hydrogen-bond donors (Lipinski definition) is 5. The summed E-state index contributed by atoms with van der Waals surface area (Å²) in [4.78, 5) is 25.2. The first kappa shape index (κ1) is 25.9. The van der Waals surface area contributed by atoms with Gasteiger partial charge in [-0.15, -0.1) is 0 Å². The standard InChI is InChI=1S/C24H31BN2O7/c1-16(28)20-5-3-11-26(15-20)13-17-7-9-18(10-8-17)14-27(34)22(25(32)33)12-19-4-2-6-21(23(19)29)24(30)31/h2,4,6-10,20,22,27,29,32-33H,3,5,11-15H2,1H3,(H,30,31). The van der Waals surface area contributed by atoms with Gasteiger partial charge in [0, 0.05) is 36.6 Å². The van der Waals surface area contributed by atoms with Crippen molar-refractivity contribution in [1.82, 2.24) is 4.90 Å². The minimum Gasteiger partial charge on any atom is -0.634 e.